The molecular formula is C16H25N3O3. The van der Waals surface area contributed by atoms with E-state index in [1.165, 1.54) is 0 Å². The van der Waals surface area contributed by atoms with Gasteiger partial charge < -0.3 is 14.6 Å². The molecule has 22 heavy (non-hydrogen) atoms. The Labute approximate surface area is 130 Å². The predicted octanol–water partition coefficient (Wildman–Crippen LogP) is 2.36. The van der Waals surface area contributed by atoms with Crippen LogP contribution in [0.4, 0.5) is 4.79 Å². The standard InChI is InChI=1S/C16H25N3O3/c1-15(2,3)13-17-11-7-8-19(9-10(11)12(20)18-13)14(21)22-16(4,5)6/h7-9H2,1-6H3,(H,17,18,20). The number of aromatic amines is 1. The highest BCUT2D eigenvalue weighted by atomic mass is 16.6. The van der Waals surface area contributed by atoms with E-state index in [2.05, 4.69) is 9.97 Å². The van der Waals surface area contributed by atoms with Gasteiger partial charge in [-0.05, 0) is 20.8 Å². The average Bonchev–Trinajstić information content (AvgIpc) is 2.35. The summed E-state index contributed by atoms with van der Waals surface area (Å²) in [5, 5.41) is 0. The lowest BCUT2D eigenvalue weighted by molar-refractivity contribution is 0.0221. The summed E-state index contributed by atoms with van der Waals surface area (Å²) in [6.45, 7) is 12.3. The number of carbonyl (C=O) groups is 1. The van der Waals surface area contributed by atoms with E-state index < -0.39 is 11.7 Å². The van der Waals surface area contributed by atoms with Gasteiger partial charge >= 0.3 is 6.09 Å². The highest BCUT2D eigenvalue weighted by Crippen LogP contribution is 2.21. The fourth-order valence-electron chi connectivity index (χ4n) is 2.26. The second-order valence-corrected chi connectivity index (χ2v) is 7.74. The Morgan fingerprint density at radius 1 is 1.23 bits per heavy atom. The van der Waals surface area contributed by atoms with Crippen molar-refractivity contribution >= 4 is 6.09 Å². The molecule has 0 unspecified atom stereocenters. The zero-order valence-electron chi connectivity index (χ0n) is 14.2. The molecule has 0 radical (unpaired) electrons. The molecule has 6 nitrogen and oxygen atoms in total. The molecule has 6 heteroatoms. The summed E-state index contributed by atoms with van der Waals surface area (Å²) in [4.78, 5) is 33.4. The van der Waals surface area contributed by atoms with E-state index in [1.54, 1.807) is 4.90 Å². The van der Waals surface area contributed by atoms with E-state index in [0.717, 1.165) is 5.69 Å². The maximum absolute atomic E-state index is 12.3. The van der Waals surface area contributed by atoms with E-state index in [1.807, 2.05) is 41.5 Å². The third-order valence-corrected chi connectivity index (χ3v) is 3.43. The number of nitrogens with zero attached hydrogens (tertiary/aromatic N) is 2. The van der Waals surface area contributed by atoms with Crippen molar-refractivity contribution < 1.29 is 9.53 Å². The summed E-state index contributed by atoms with van der Waals surface area (Å²) in [6.07, 6.45) is 0.180. The number of rotatable bonds is 0. The van der Waals surface area contributed by atoms with E-state index in [4.69, 9.17) is 4.74 Å². The van der Waals surface area contributed by atoms with Crippen LogP contribution in [0.5, 0.6) is 0 Å². The quantitative estimate of drug-likeness (QED) is 0.798. The Hall–Kier alpha value is -1.85. The Balaban J connectivity index is 2.25. The van der Waals surface area contributed by atoms with Crippen LogP contribution in [0, 0.1) is 0 Å². The molecule has 1 aliphatic rings. The number of fused-ring (bicyclic) bond motifs is 1. The molecule has 0 saturated heterocycles. The minimum absolute atomic E-state index is 0.164. The summed E-state index contributed by atoms with van der Waals surface area (Å²) < 4.78 is 5.36. The molecule has 2 heterocycles. The van der Waals surface area contributed by atoms with Crippen molar-refractivity contribution in [2.75, 3.05) is 6.54 Å². The predicted molar refractivity (Wildman–Crippen MR) is 83.9 cm³/mol. The molecule has 1 aromatic rings. The maximum atomic E-state index is 12.3. The van der Waals surface area contributed by atoms with Crippen molar-refractivity contribution in [3.8, 4) is 0 Å². The molecule has 0 aromatic carbocycles. The lowest BCUT2D eigenvalue weighted by Crippen LogP contribution is -2.42. The van der Waals surface area contributed by atoms with Crippen LogP contribution in [0.3, 0.4) is 0 Å². The van der Waals surface area contributed by atoms with Gasteiger partial charge in [-0.15, -0.1) is 0 Å². The van der Waals surface area contributed by atoms with Crippen LogP contribution in [0.15, 0.2) is 4.79 Å². The van der Waals surface area contributed by atoms with Crippen molar-refractivity contribution in [1.82, 2.24) is 14.9 Å². The third kappa shape index (κ3) is 3.67. The first-order valence-electron chi connectivity index (χ1n) is 7.58. The van der Waals surface area contributed by atoms with Gasteiger partial charge in [-0.3, -0.25) is 4.79 Å². The molecule has 0 saturated carbocycles. The summed E-state index contributed by atoms with van der Waals surface area (Å²) in [6, 6.07) is 0. The van der Waals surface area contributed by atoms with E-state index in [-0.39, 0.29) is 17.5 Å². The number of hydrogen-bond donors (Lipinski definition) is 1. The van der Waals surface area contributed by atoms with Crippen molar-refractivity contribution in [3.05, 3.63) is 27.4 Å². The van der Waals surface area contributed by atoms with Gasteiger partial charge in [0.05, 0.1) is 17.8 Å². The number of H-pyrrole nitrogens is 1. The highest BCUT2D eigenvalue weighted by Gasteiger charge is 2.29. The third-order valence-electron chi connectivity index (χ3n) is 3.43. The van der Waals surface area contributed by atoms with Crippen molar-refractivity contribution in [3.63, 3.8) is 0 Å². The normalized spacial score (nSPS) is 15.5. The number of carbonyl (C=O) groups excluding carboxylic acids is 1. The van der Waals surface area contributed by atoms with Crippen LogP contribution >= 0.6 is 0 Å². The van der Waals surface area contributed by atoms with Crippen molar-refractivity contribution in [2.45, 2.75) is 65.5 Å². The molecule has 0 aliphatic carbocycles. The topological polar surface area (TPSA) is 75.3 Å². The van der Waals surface area contributed by atoms with Crippen molar-refractivity contribution in [1.29, 1.82) is 0 Å². The second-order valence-electron chi connectivity index (χ2n) is 7.74. The van der Waals surface area contributed by atoms with Gasteiger partial charge in [0.1, 0.15) is 11.4 Å². The SMILES string of the molecule is CC(C)(C)OC(=O)N1CCc2nc(C(C)(C)C)[nH]c(=O)c2C1. The van der Waals surface area contributed by atoms with Crippen LogP contribution in [-0.2, 0) is 23.1 Å². The molecule has 2 rings (SSSR count). The fourth-order valence-corrected chi connectivity index (χ4v) is 2.26. The molecule has 0 atom stereocenters. The lowest BCUT2D eigenvalue weighted by Gasteiger charge is -2.31. The molecule has 1 N–H and O–H groups in total. The van der Waals surface area contributed by atoms with Crippen molar-refractivity contribution in [2.24, 2.45) is 0 Å². The van der Waals surface area contributed by atoms with Gasteiger partial charge in [-0.2, -0.15) is 0 Å². The number of hydrogen-bond acceptors (Lipinski definition) is 4. The molecule has 0 bridgehead atoms. The van der Waals surface area contributed by atoms with E-state index in [0.29, 0.717) is 24.4 Å². The number of aromatic nitrogens is 2. The van der Waals surface area contributed by atoms with Gasteiger partial charge in [0.25, 0.3) is 5.56 Å². The molecule has 1 aromatic heterocycles. The minimum atomic E-state index is -0.544. The largest absolute Gasteiger partial charge is 0.444 e. The molecule has 0 fully saturated rings. The lowest BCUT2D eigenvalue weighted by atomic mass is 9.95. The molecule has 1 amide bonds. The monoisotopic (exact) mass is 307 g/mol. The average molecular weight is 307 g/mol. The summed E-state index contributed by atoms with van der Waals surface area (Å²) in [5.41, 5.74) is 0.427. The van der Waals surface area contributed by atoms with Gasteiger partial charge in [0.2, 0.25) is 0 Å². The van der Waals surface area contributed by atoms with Crippen LogP contribution in [0.1, 0.15) is 58.6 Å². The Bertz CT molecular complexity index is 636. The highest BCUT2D eigenvalue weighted by molar-refractivity contribution is 5.68. The van der Waals surface area contributed by atoms with Crippen LogP contribution < -0.4 is 5.56 Å². The van der Waals surface area contributed by atoms with Crippen LogP contribution in [0.2, 0.25) is 0 Å². The first-order valence-corrected chi connectivity index (χ1v) is 7.58. The molecule has 1 aliphatic heterocycles. The second kappa shape index (κ2) is 5.41. The Morgan fingerprint density at radius 2 is 1.86 bits per heavy atom. The number of ether oxygens (including phenoxy) is 1. The maximum Gasteiger partial charge on any atom is 0.410 e. The van der Waals surface area contributed by atoms with Gasteiger partial charge in [-0.25, -0.2) is 9.78 Å². The van der Waals surface area contributed by atoms with Crippen LogP contribution in [0.25, 0.3) is 0 Å². The van der Waals surface area contributed by atoms with E-state index >= 15 is 0 Å². The van der Waals surface area contributed by atoms with E-state index in [9.17, 15) is 9.59 Å². The first kappa shape index (κ1) is 16.5. The van der Waals surface area contributed by atoms with Gasteiger partial charge in [0, 0.05) is 18.4 Å². The summed E-state index contributed by atoms with van der Waals surface area (Å²) in [5.74, 6) is 0.682. The van der Waals surface area contributed by atoms with Gasteiger partial charge in [0.15, 0.2) is 0 Å². The zero-order valence-corrected chi connectivity index (χ0v) is 14.2. The Morgan fingerprint density at radius 3 is 2.41 bits per heavy atom. The smallest absolute Gasteiger partial charge is 0.410 e. The Kier molecular flexibility index (Phi) is 4.06. The number of nitrogens with one attached hydrogen (secondary N) is 1. The molecule has 122 valence electrons. The molecular weight excluding hydrogens is 282 g/mol. The zero-order chi connectivity index (χ0) is 16.7. The first-order chi connectivity index (χ1) is 9.97. The number of amides is 1. The van der Waals surface area contributed by atoms with Gasteiger partial charge in [-0.1, -0.05) is 20.8 Å². The fraction of sp³-hybridized carbons (Fsp3) is 0.688. The molecule has 0 spiro atoms. The summed E-state index contributed by atoms with van der Waals surface area (Å²) in [7, 11) is 0. The van der Waals surface area contributed by atoms with Crippen LogP contribution in [-0.4, -0.2) is 33.1 Å². The summed E-state index contributed by atoms with van der Waals surface area (Å²) >= 11 is 0. The minimum Gasteiger partial charge on any atom is -0.444 e.